The Morgan fingerprint density at radius 1 is 1.00 bits per heavy atom. The summed E-state index contributed by atoms with van der Waals surface area (Å²) in [6, 6.07) is 14.2. The highest BCUT2D eigenvalue weighted by Gasteiger charge is 2.37. The summed E-state index contributed by atoms with van der Waals surface area (Å²) >= 11 is 4.32. The normalized spacial score (nSPS) is 16.0. The Balaban J connectivity index is 1.90. The molecule has 0 aliphatic carbocycles. The molecule has 2 aromatic rings. The van der Waals surface area contributed by atoms with Crippen LogP contribution < -0.4 is 10.2 Å². The molecular weight excluding hydrogens is 416 g/mol. The van der Waals surface area contributed by atoms with E-state index >= 15 is 0 Å². The van der Waals surface area contributed by atoms with Crippen molar-refractivity contribution in [3.63, 3.8) is 0 Å². The summed E-state index contributed by atoms with van der Waals surface area (Å²) in [4.78, 5) is 37.9. The smallest absolute Gasteiger partial charge is 0.298 e. The van der Waals surface area contributed by atoms with Crippen molar-refractivity contribution in [2.45, 2.75) is 13.8 Å². The maximum absolute atomic E-state index is 12.8. The van der Waals surface area contributed by atoms with Crippen molar-refractivity contribution >= 4 is 61.7 Å². The number of carbonyl (C=O) groups is 3. The molecule has 2 aromatic carbocycles. The molecule has 0 bridgehead atoms. The van der Waals surface area contributed by atoms with Crippen molar-refractivity contribution in [1.82, 2.24) is 0 Å². The molecule has 1 aliphatic heterocycles. The van der Waals surface area contributed by atoms with E-state index in [2.05, 4.69) is 21.2 Å². The van der Waals surface area contributed by atoms with E-state index in [0.717, 1.165) is 32.3 Å². The third-order valence-electron chi connectivity index (χ3n) is 3.83. The largest absolute Gasteiger partial charge is 0.326 e. The van der Waals surface area contributed by atoms with Gasteiger partial charge >= 0.3 is 0 Å². The number of amides is 3. The Morgan fingerprint density at radius 2 is 1.62 bits per heavy atom. The second-order valence-corrected chi connectivity index (χ2v) is 7.57. The van der Waals surface area contributed by atoms with Gasteiger partial charge in [-0.2, -0.15) is 0 Å². The van der Waals surface area contributed by atoms with Crippen LogP contribution in [-0.2, 0) is 9.59 Å². The molecule has 0 saturated carbocycles. The summed E-state index contributed by atoms with van der Waals surface area (Å²) in [5.74, 6) is -0.523. The molecule has 5 nitrogen and oxygen atoms in total. The number of nitrogens with one attached hydrogen (secondary N) is 1. The molecule has 0 unspecified atom stereocenters. The number of rotatable bonds is 3. The fourth-order valence-corrected chi connectivity index (χ4v) is 3.72. The summed E-state index contributed by atoms with van der Waals surface area (Å²) in [5, 5.41) is 2.31. The van der Waals surface area contributed by atoms with Crippen molar-refractivity contribution in [3.8, 4) is 0 Å². The molecule has 0 atom stereocenters. The van der Waals surface area contributed by atoms with Gasteiger partial charge in [0, 0.05) is 17.1 Å². The Kier molecular flexibility index (Phi) is 5.29. The van der Waals surface area contributed by atoms with Crippen molar-refractivity contribution in [3.05, 3.63) is 63.5 Å². The zero-order chi connectivity index (χ0) is 18.8. The minimum atomic E-state index is -0.340. The number of hydrogen-bond acceptors (Lipinski definition) is 4. The van der Waals surface area contributed by atoms with E-state index in [0.29, 0.717) is 16.3 Å². The minimum absolute atomic E-state index is 0.183. The molecule has 26 heavy (non-hydrogen) atoms. The van der Waals surface area contributed by atoms with Gasteiger partial charge in [-0.3, -0.25) is 14.4 Å². The van der Waals surface area contributed by atoms with Crippen LogP contribution in [0.15, 0.2) is 57.9 Å². The molecule has 1 heterocycles. The van der Waals surface area contributed by atoms with Crippen LogP contribution in [0.5, 0.6) is 0 Å². The van der Waals surface area contributed by atoms with Crippen LogP contribution in [-0.4, -0.2) is 17.1 Å². The van der Waals surface area contributed by atoms with Gasteiger partial charge in [0.2, 0.25) is 5.91 Å². The number of benzene rings is 2. The van der Waals surface area contributed by atoms with Gasteiger partial charge in [0.05, 0.1) is 10.6 Å². The Labute approximate surface area is 163 Å². The van der Waals surface area contributed by atoms with Gasteiger partial charge in [0.15, 0.2) is 0 Å². The lowest BCUT2D eigenvalue weighted by molar-refractivity contribution is -0.114. The molecule has 132 valence electrons. The molecule has 0 aromatic heterocycles. The zero-order valence-corrected chi connectivity index (χ0v) is 16.5. The van der Waals surface area contributed by atoms with Gasteiger partial charge in [0.1, 0.15) is 0 Å². The lowest BCUT2D eigenvalue weighted by Gasteiger charge is -2.13. The summed E-state index contributed by atoms with van der Waals surface area (Å²) in [7, 11) is 0. The van der Waals surface area contributed by atoms with Crippen LogP contribution in [0.3, 0.4) is 0 Å². The van der Waals surface area contributed by atoms with E-state index in [-0.39, 0.29) is 17.1 Å². The molecule has 1 N–H and O–H groups in total. The van der Waals surface area contributed by atoms with Crippen LogP contribution in [0.1, 0.15) is 19.4 Å². The lowest BCUT2D eigenvalue weighted by atomic mass is 10.1. The SMILES string of the molecule is CC(=O)Nc1ccc(N2C(=O)S/C(=C(/C)c3ccc(Br)cc3)C2=O)cc1. The second kappa shape index (κ2) is 7.47. The highest BCUT2D eigenvalue weighted by atomic mass is 79.9. The van der Waals surface area contributed by atoms with Crippen LogP contribution in [0.4, 0.5) is 16.2 Å². The first-order valence-corrected chi connectivity index (χ1v) is 9.38. The number of carbonyl (C=O) groups excluding carboxylic acids is 3. The summed E-state index contributed by atoms with van der Waals surface area (Å²) in [5.41, 5.74) is 2.73. The topological polar surface area (TPSA) is 66.5 Å². The van der Waals surface area contributed by atoms with Crippen LogP contribution in [0.25, 0.3) is 5.57 Å². The van der Waals surface area contributed by atoms with E-state index < -0.39 is 0 Å². The monoisotopic (exact) mass is 430 g/mol. The molecule has 7 heteroatoms. The van der Waals surface area contributed by atoms with Gasteiger partial charge in [-0.15, -0.1) is 0 Å². The van der Waals surface area contributed by atoms with Gasteiger partial charge < -0.3 is 5.32 Å². The van der Waals surface area contributed by atoms with Crippen molar-refractivity contribution < 1.29 is 14.4 Å². The van der Waals surface area contributed by atoms with Crippen LogP contribution in [0.2, 0.25) is 0 Å². The Bertz CT molecular complexity index is 921. The first-order chi connectivity index (χ1) is 12.4. The molecule has 1 saturated heterocycles. The number of imide groups is 1. The molecule has 0 spiro atoms. The predicted octanol–water partition coefficient (Wildman–Crippen LogP) is 5.04. The number of nitrogens with zero attached hydrogens (tertiary/aromatic N) is 1. The zero-order valence-electron chi connectivity index (χ0n) is 14.1. The molecule has 1 aliphatic rings. The molecular formula is C19H15BrN2O3S. The first-order valence-electron chi connectivity index (χ1n) is 7.77. The molecule has 3 amide bonds. The van der Waals surface area contributed by atoms with E-state index in [1.165, 1.54) is 6.92 Å². The quantitative estimate of drug-likeness (QED) is 0.692. The minimum Gasteiger partial charge on any atom is -0.326 e. The lowest BCUT2D eigenvalue weighted by Crippen LogP contribution is -2.27. The standard InChI is InChI=1S/C19H15BrN2O3S/c1-11(13-3-5-14(20)6-4-13)17-18(24)22(19(25)26-17)16-9-7-15(8-10-16)21-12(2)23/h3-10H,1-2H3,(H,21,23)/b17-11-. The maximum Gasteiger partial charge on any atom is 0.298 e. The van der Waals surface area contributed by atoms with Gasteiger partial charge in [-0.25, -0.2) is 4.90 Å². The van der Waals surface area contributed by atoms with Crippen molar-refractivity contribution in [2.75, 3.05) is 10.2 Å². The number of hydrogen-bond donors (Lipinski definition) is 1. The van der Waals surface area contributed by atoms with Gasteiger partial charge in [-0.05, 0) is 66.2 Å². The highest BCUT2D eigenvalue weighted by Crippen LogP contribution is 2.39. The average molecular weight is 431 g/mol. The van der Waals surface area contributed by atoms with Gasteiger partial charge in [0.25, 0.3) is 11.1 Å². The van der Waals surface area contributed by atoms with Gasteiger partial charge in [-0.1, -0.05) is 28.1 Å². The summed E-state index contributed by atoms with van der Waals surface area (Å²) < 4.78 is 0.946. The highest BCUT2D eigenvalue weighted by molar-refractivity contribution is 9.10. The van der Waals surface area contributed by atoms with Crippen molar-refractivity contribution in [2.24, 2.45) is 0 Å². The van der Waals surface area contributed by atoms with E-state index in [4.69, 9.17) is 0 Å². The van der Waals surface area contributed by atoms with Crippen LogP contribution >= 0.6 is 27.7 Å². The Hall–Kier alpha value is -2.38. The van der Waals surface area contributed by atoms with Crippen molar-refractivity contribution in [1.29, 1.82) is 0 Å². The number of thioether (sulfide) groups is 1. The second-order valence-electron chi connectivity index (χ2n) is 5.70. The fraction of sp³-hybridized carbons (Fsp3) is 0.105. The third-order valence-corrected chi connectivity index (χ3v) is 5.40. The average Bonchev–Trinajstić information content (AvgIpc) is 2.90. The fourth-order valence-electron chi connectivity index (χ4n) is 2.55. The Morgan fingerprint density at radius 3 is 2.19 bits per heavy atom. The van der Waals surface area contributed by atoms with E-state index in [1.807, 2.05) is 31.2 Å². The summed E-state index contributed by atoms with van der Waals surface area (Å²) in [6.45, 7) is 3.25. The maximum atomic E-state index is 12.8. The number of halogens is 1. The number of anilines is 2. The molecule has 1 fully saturated rings. The van der Waals surface area contributed by atoms with E-state index in [1.54, 1.807) is 24.3 Å². The molecule has 0 radical (unpaired) electrons. The number of allylic oxidation sites excluding steroid dienone is 1. The predicted molar refractivity (Wildman–Crippen MR) is 108 cm³/mol. The third kappa shape index (κ3) is 3.73. The van der Waals surface area contributed by atoms with Crippen LogP contribution in [0, 0.1) is 0 Å². The van der Waals surface area contributed by atoms with E-state index in [9.17, 15) is 14.4 Å². The first kappa shape index (κ1) is 18.4. The molecule has 3 rings (SSSR count). The summed E-state index contributed by atoms with van der Waals surface area (Å²) in [6.07, 6.45) is 0.